The first kappa shape index (κ1) is 21.0. The summed E-state index contributed by atoms with van der Waals surface area (Å²) in [5.74, 6) is 0. The molecule has 1 amide bonds. The smallest absolute Gasteiger partial charge is 0.407 e. The predicted molar refractivity (Wildman–Crippen MR) is 94.1 cm³/mol. The standard InChI is InChI=1S/C15H21Cl2NO5S/c1-15(2,3)23-14(19)18-12(9-22-24(4,20)21)7-10-5-6-11(16)8-13(10)17/h5-6,8,12H,7,9H2,1-4H3,(H,18,19). The molecule has 136 valence electrons. The number of benzene rings is 1. The lowest BCUT2D eigenvalue weighted by atomic mass is 10.1. The lowest BCUT2D eigenvalue weighted by Crippen LogP contribution is -2.43. The fraction of sp³-hybridized carbons (Fsp3) is 0.533. The SMILES string of the molecule is CC(C)(C)OC(=O)NC(COS(C)(=O)=O)Cc1ccc(Cl)cc1Cl. The highest BCUT2D eigenvalue weighted by atomic mass is 35.5. The van der Waals surface area contributed by atoms with E-state index in [-0.39, 0.29) is 13.0 Å². The molecule has 0 aliphatic heterocycles. The normalized spacial score (nSPS) is 13.4. The molecule has 0 fully saturated rings. The van der Waals surface area contributed by atoms with E-state index in [1.165, 1.54) is 0 Å². The number of carbonyl (C=O) groups is 1. The summed E-state index contributed by atoms with van der Waals surface area (Å²) in [6, 6.07) is 4.29. The summed E-state index contributed by atoms with van der Waals surface area (Å²) in [7, 11) is -3.65. The molecule has 0 heterocycles. The van der Waals surface area contributed by atoms with Crippen LogP contribution in [-0.4, -0.2) is 39.0 Å². The fourth-order valence-electron chi connectivity index (χ4n) is 1.78. The Labute approximate surface area is 152 Å². The number of alkyl carbamates (subject to hydrolysis) is 1. The Balaban J connectivity index is 2.86. The number of hydrogen-bond donors (Lipinski definition) is 1. The summed E-state index contributed by atoms with van der Waals surface area (Å²) in [6.45, 7) is 4.94. The second-order valence-corrected chi connectivity index (χ2v) is 8.76. The van der Waals surface area contributed by atoms with Crippen molar-refractivity contribution in [2.75, 3.05) is 12.9 Å². The van der Waals surface area contributed by atoms with Gasteiger partial charge in [-0.3, -0.25) is 4.18 Å². The van der Waals surface area contributed by atoms with Crippen molar-refractivity contribution in [1.29, 1.82) is 0 Å². The Morgan fingerprint density at radius 1 is 1.29 bits per heavy atom. The van der Waals surface area contributed by atoms with Crippen molar-refractivity contribution in [3.8, 4) is 0 Å². The third-order valence-corrected chi connectivity index (χ3v) is 3.84. The lowest BCUT2D eigenvalue weighted by molar-refractivity contribution is 0.0488. The molecule has 1 aromatic carbocycles. The molecule has 1 unspecified atom stereocenters. The molecule has 9 heteroatoms. The van der Waals surface area contributed by atoms with E-state index in [2.05, 4.69) is 5.32 Å². The van der Waals surface area contributed by atoms with Gasteiger partial charge >= 0.3 is 6.09 Å². The Morgan fingerprint density at radius 3 is 2.42 bits per heavy atom. The number of ether oxygens (including phenoxy) is 1. The van der Waals surface area contributed by atoms with Crippen molar-refractivity contribution in [2.45, 2.75) is 38.8 Å². The van der Waals surface area contributed by atoms with Gasteiger partial charge in [-0.1, -0.05) is 29.3 Å². The van der Waals surface area contributed by atoms with E-state index in [1.807, 2.05) is 0 Å². The monoisotopic (exact) mass is 397 g/mol. The van der Waals surface area contributed by atoms with Crippen LogP contribution >= 0.6 is 23.2 Å². The third kappa shape index (κ3) is 8.73. The molecular formula is C15H21Cl2NO5S. The summed E-state index contributed by atoms with van der Waals surface area (Å²) < 4.78 is 32.4. The molecule has 24 heavy (non-hydrogen) atoms. The van der Waals surface area contributed by atoms with E-state index in [0.29, 0.717) is 15.6 Å². The minimum absolute atomic E-state index is 0.239. The van der Waals surface area contributed by atoms with Gasteiger partial charge in [-0.25, -0.2) is 4.79 Å². The molecule has 0 saturated heterocycles. The summed E-state index contributed by atoms with van der Waals surface area (Å²) in [6.07, 6.45) is 0.520. The van der Waals surface area contributed by atoms with Gasteiger partial charge in [0.2, 0.25) is 0 Å². The van der Waals surface area contributed by atoms with E-state index >= 15 is 0 Å². The summed E-state index contributed by atoms with van der Waals surface area (Å²) in [5, 5.41) is 3.49. The topological polar surface area (TPSA) is 81.7 Å². The third-order valence-electron chi connectivity index (χ3n) is 2.69. The van der Waals surface area contributed by atoms with Crippen LogP contribution in [0.2, 0.25) is 10.0 Å². The number of amides is 1. The largest absolute Gasteiger partial charge is 0.444 e. The molecule has 0 radical (unpaired) electrons. The maximum atomic E-state index is 11.9. The Kier molecular flexibility index (Phi) is 7.34. The maximum Gasteiger partial charge on any atom is 0.407 e. The van der Waals surface area contributed by atoms with Crippen LogP contribution in [0.1, 0.15) is 26.3 Å². The van der Waals surface area contributed by atoms with E-state index in [4.69, 9.17) is 32.1 Å². The Bertz CT molecular complexity index is 686. The minimum atomic E-state index is -3.65. The van der Waals surface area contributed by atoms with Crippen LogP contribution in [-0.2, 0) is 25.5 Å². The zero-order chi connectivity index (χ0) is 18.5. The minimum Gasteiger partial charge on any atom is -0.444 e. The first-order valence-electron chi connectivity index (χ1n) is 7.13. The van der Waals surface area contributed by atoms with E-state index in [1.54, 1.807) is 39.0 Å². The van der Waals surface area contributed by atoms with Gasteiger partial charge in [0.15, 0.2) is 0 Å². The summed E-state index contributed by atoms with van der Waals surface area (Å²) in [4.78, 5) is 11.9. The highest BCUT2D eigenvalue weighted by Gasteiger charge is 2.22. The number of halogens is 2. The van der Waals surface area contributed by atoms with Gasteiger partial charge in [-0.2, -0.15) is 8.42 Å². The van der Waals surface area contributed by atoms with Crippen LogP contribution in [0, 0.1) is 0 Å². The second-order valence-electron chi connectivity index (χ2n) is 6.27. The van der Waals surface area contributed by atoms with Crippen molar-refractivity contribution in [3.05, 3.63) is 33.8 Å². The molecule has 1 atom stereocenters. The van der Waals surface area contributed by atoms with Crippen LogP contribution in [0.5, 0.6) is 0 Å². The zero-order valence-electron chi connectivity index (χ0n) is 13.9. The Morgan fingerprint density at radius 2 is 1.92 bits per heavy atom. The van der Waals surface area contributed by atoms with Gasteiger partial charge in [-0.05, 0) is 44.9 Å². The first-order chi connectivity index (χ1) is 10.9. The van der Waals surface area contributed by atoms with Gasteiger partial charge in [0, 0.05) is 10.0 Å². The van der Waals surface area contributed by atoms with Crippen LogP contribution in [0.25, 0.3) is 0 Å². The molecular weight excluding hydrogens is 377 g/mol. The number of nitrogens with one attached hydrogen (secondary N) is 1. The van der Waals surface area contributed by atoms with Crippen molar-refractivity contribution in [3.63, 3.8) is 0 Å². The van der Waals surface area contributed by atoms with E-state index < -0.39 is 27.9 Å². The van der Waals surface area contributed by atoms with Crippen LogP contribution in [0.4, 0.5) is 4.79 Å². The van der Waals surface area contributed by atoms with Gasteiger partial charge in [0.1, 0.15) is 5.60 Å². The van der Waals surface area contributed by atoms with Crippen molar-refractivity contribution in [1.82, 2.24) is 5.32 Å². The van der Waals surface area contributed by atoms with E-state index in [9.17, 15) is 13.2 Å². The quantitative estimate of drug-likeness (QED) is 0.743. The first-order valence-corrected chi connectivity index (χ1v) is 9.71. The average molecular weight is 398 g/mol. The summed E-state index contributed by atoms with van der Waals surface area (Å²) in [5.41, 5.74) is 0.0174. The van der Waals surface area contributed by atoms with Crippen LogP contribution < -0.4 is 5.32 Å². The molecule has 0 saturated carbocycles. The molecule has 1 N–H and O–H groups in total. The van der Waals surface area contributed by atoms with E-state index in [0.717, 1.165) is 6.26 Å². The number of hydrogen-bond acceptors (Lipinski definition) is 5. The van der Waals surface area contributed by atoms with Crippen molar-refractivity contribution >= 4 is 39.4 Å². The van der Waals surface area contributed by atoms with Gasteiger partial charge in [-0.15, -0.1) is 0 Å². The van der Waals surface area contributed by atoms with Gasteiger partial charge < -0.3 is 10.1 Å². The van der Waals surface area contributed by atoms with Crippen LogP contribution in [0.3, 0.4) is 0 Å². The molecule has 6 nitrogen and oxygen atoms in total. The molecule has 0 aliphatic rings. The highest BCUT2D eigenvalue weighted by Crippen LogP contribution is 2.22. The molecule has 0 bridgehead atoms. The molecule has 0 spiro atoms. The van der Waals surface area contributed by atoms with Crippen molar-refractivity contribution < 1.29 is 22.1 Å². The lowest BCUT2D eigenvalue weighted by Gasteiger charge is -2.23. The highest BCUT2D eigenvalue weighted by molar-refractivity contribution is 7.85. The molecule has 0 aromatic heterocycles. The molecule has 1 rings (SSSR count). The number of rotatable bonds is 6. The number of carbonyl (C=O) groups excluding carboxylic acids is 1. The molecule has 1 aromatic rings. The summed E-state index contributed by atoms with van der Waals surface area (Å²) >= 11 is 12.0. The van der Waals surface area contributed by atoms with Crippen LogP contribution in [0.15, 0.2) is 18.2 Å². The van der Waals surface area contributed by atoms with Gasteiger partial charge in [0.05, 0.1) is 18.9 Å². The Hall–Kier alpha value is -1.02. The zero-order valence-corrected chi connectivity index (χ0v) is 16.3. The predicted octanol–water partition coefficient (Wildman–Crippen LogP) is 3.41. The van der Waals surface area contributed by atoms with Gasteiger partial charge in [0.25, 0.3) is 10.1 Å². The maximum absolute atomic E-state index is 11.9. The average Bonchev–Trinajstić information content (AvgIpc) is 2.36. The fourth-order valence-corrected chi connectivity index (χ4v) is 2.68. The van der Waals surface area contributed by atoms with Crippen molar-refractivity contribution in [2.24, 2.45) is 0 Å². The second kappa shape index (κ2) is 8.38. The molecule has 0 aliphatic carbocycles.